The predicted molar refractivity (Wildman–Crippen MR) is 59.7 cm³/mol. The van der Waals surface area contributed by atoms with E-state index in [2.05, 4.69) is 0 Å². The first-order valence-corrected chi connectivity index (χ1v) is 4.65. The molecule has 0 radical (unpaired) electrons. The molecule has 0 aliphatic carbocycles. The molecule has 0 rings (SSSR count). The molecule has 2 amide bonds. The molecule has 4 nitrogen and oxygen atoms in total. The van der Waals surface area contributed by atoms with E-state index >= 15 is 0 Å². The van der Waals surface area contributed by atoms with Gasteiger partial charge in [-0.15, -0.1) is 0 Å². The van der Waals surface area contributed by atoms with Crippen molar-refractivity contribution in [1.82, 2.24) is 0 Å². The number of carbonyl (C=O) groups is 2. The van der Waals surface area contributed by atoms with Crippen LogP contribution in [0.2, 0.25) is 0 Å². The summed E-state index contributed by atoms with van der Waals surface area (Å²) in [5, 5.41) is 0. The lowest BCUT2D eigenvalue weighted by Crippen LogP contribution is -2.20. The lowest BCUT2D eigenvalue weighted by molar-refractivity contribution is -0.115. The van der Waals surface area contributed by atoms with E-state index in [4.69, 9.17) is 11.5 Å². The van der Waals surface area contributed by atoms with Crippen molar-refractivity contribution in [2.75, 3.05) is 0 Å². The fraction of sp³-hybridized carbons (Fsp3) is 0.455. The fourth-order valence-corrected chi connectivity index (χ4v) is 1.08. The molecule has 0 aromatic heterocycles. The van der Waals surface area contributed by atoms with Crippen LogP contribution >= 0.6 is 0 Å². The van der Waals surface area contributed by atoms with Crippen LogP contribution in [0.1, 0.15) is 27.7 Å². The van der Waals surface area contributed by atoms with E-state index < -0.39 is 17.2 Å². The maximum absolute atomic E-state index is 11.0. The number of primary amides is 2. The van der Waals surface area contributed by atoms with Gasteiger partial charge in [0.25, 0.3) is 0 Å². The SMILES string of the molecule is C/C(C(N)=O)=C(/C)C(C)(C)/C=C/C(N)=O. The third-order valence-electron chi connectivity index (χ3n) is 2.56. The van der Waals surface area contributed by atoms with E-state index in [-0.39, 0.29) is 0 Å². The Hall–Kier alpha value is -1.58. The van der Waals surface area contributed by atoms with Gasteiger partial charge in [0.15, 0.2) is 0 Å². The lowest BCUT2D eigenvalue weighted by atomic mass is 9.82. The number of carbonyl (C=O) groups excluding carboxylic acids is 2. The molecule has 0 spiro atoms. The molecule has 0 saturated heterocycles. The van der Waals surface area contributed by atoms with Crippen LogP contribution in [-0.4, -0.2) is 11.8 Å². The molecule has 4 N–H and O–H groups in total. The summed E-state index contributed by atoms with van der Waals surface area (Å²) in [7, 11) is 0. The predicted octanol–water partition coefficient (Wildman–Crippen LogP) is 0.876. The second-order valence-electron chi connectivity index (χ2n) is 4.07. The Morgan fingerprint density at radius 2 is 1.60 bits per heavy atom. The summed E-state index contributed by atoms with van der Waals surface area (Å²) in [6.07, 6.45) is 2.95. The molecular formula is C11H18N2O2. The quantitative estimate of drug-likeness (QED) is 0.675. The second-order valence-corrected chi connectivity index (χ2v) is 4.07. The molecule has 0 heterocycles. The van der Waals surface area contributed by atoms with Crippen molar-refractivity contribution in [3.8, 4) is 0 Å². The summed E-state index contributed by atoms with van der Waals surface area (Å²) < 4.78 is 0. The Morgan fingerprint density at radius 3 is 1.93 bits per heavy atom. The molecule has 15 heavy (non-hydrogen) atoms. The maximum Gasteiger partial charge on any atom is 0.244 e. The Kier molecular flexibility index (Phi) is 4.27. The molecule has 0 bridgehead atoms. The second kappa shape index (κ2) is 4.77. The summed E-state index contributed by atoms with van der Waals surface area (Å²) in [4.78, 5) is 21.6. The van der Waals surface area contributed by atoms with Crippen LogP contribution in [0.3, 0.4) is 0 Å². The molecule has 0 atom stereocenters. The summed E-state index contributed by atoms with van der Waals surface area (Å²) in [6, 6.07) is 0. The van der Waals surface area contributed by atoms with E-state index in [0.29, 0.717) is 5.57 Å². The highest BCUT2D eigenvalue weighted by atomic mass is 16.1. The van der Waals surface area contributed by atoms with Gasteiger partial charge >= 0.3 is 0 Å². The molecule has 0 aliphatic heterocycles. The largest absolute Gasteiger partial charge is 0.366 e. The number of hydrogen-bond acceptors (Lipinski definition) is 2. The van der Waals surface area contributed by atoms with Gasteiger partial charge < -0.3 is 11.5 Å². The van der Waals surface area contributed by atoms with Gasteiger partial charge in [-0.1, -0.05) is 25.5 Å². The molecule has 0 fully saturated rings. The zero-order valence-electron chi connectivity index (χ0n) is 9.63. The minimum Gasteiger partial charge on any atom is -0.366 e. The third-order valence-corrected chi connectivity index (χ3v) is 2.56. The number of nitrogens with two attached hydrogens (primary N) is 2. The van der Waals surface area contributed by atoms with E-state index in [1.165, 1.54) is 6.08 Å². The summed E-state index contributed by atoms with van der Waals surface area (Å²) in [5.74, 6) is -0.958. The first-order chi connectivity index (χ1) is 6.68. The lowest BCUT2D eigenvalue weighted by Gasteiger charge is -2.23. The van der Waals surface area contributed by atoms with Crippen LogP contribution in [-0.2, 0) is 9.59 Å². The summed E-state index contributed by atoms with van der Waals surface area (Å²) >= 11 is 0. The number of amides is 2. The van der Waals surface area contributed by atoms with Crippen LogP contribution < -0.4 is 11.5 Å². The molecular weight excluding hydrogens is 192 g/mol. The van der Waals surface area contributed by atoms with Gasteiger partial charge in [0.05, 0.1) is 0 Å². The summed E-state index contributed by atoms with van der Waals surface area (Å²) in [5.41, 5.74) is 11.1. The zero-order valence-corrected chi connectivity index (χ0v) is 9.63. The molecule has 0 aromatic rings. The molecule has 84 valence electrons. The van der Waals surface area contributed by atoms with Crippen molar-refractivity contribution in [2.24, 2.45) is 16.9 Å². The zero-order chi connectivity index (χ0) is 12.2. The molecule has 0 saturated carbocycles. The van der Waals surface area contributed by atoms with Gasteiger partial charge in [-0.2, -0.15) is 0 Å². The van der Waals surface area contributed by atoms with Gasteiger partial charge in [0, 0.05) is 11.0 Å². The van der Waals surface area contributed by atoms with Crippen molar-refractivity contribution >= 4 is 11.8 Å². The Bertz CT molecular complexity index is 338. The van der Waals surface area contributed by atoms with Crippen LogP contribution in [0.25, 0.3) is 0 Å². The van der Waals surface area contributed by atoms with E-state index in [1.54, 1.807) is 13.0 Å². The Labute approximate surface area is 90.0 Å². The Balaban J connectivity index is 5.12. The molecule has 4 heteroatoms. The monoisotopic (exact) mass is 210 g/mol. The van der Waals surface area contributed by atoms with Crippen LogP contribution in [0.15, 0.2) is 23.3 Å². The van der Waals surface area contributed by atoms with Crippen molar-refractivity contribution in [3.63, 3.8) is 0 Å². The topological polar surface area (TPSA) is 86.2 Å². The van der Waals surface area contributed by atoms with Crippen molar-refractivity contribution in [3.05, 3.63) is 23.3 Å². The normalized spacial score (nSPS) is 13.9. The van der Waals surface area contributed by atoms with Crippen molar-refractivity contribution in [1.29, 1.82) is 0 Å². The van der Waals surface area contributed by atoms with Gasteiger partial charge in [0.1, 0.15) is 0 Å². The molecule has 0 aliphatic rings. The maximum atomic E-state index is 11.0. The molecule has 0 aromatic carbocycles. The van der Waals surface area contributed by atoms with Gasteiger partial charge in [-0.3, -0.25) is 9.59 Å². The van der Waals surface area contributed by atoms with Crippen molar-refractivity contribution < 1.29 is 9.59 Å². The van der Waals surface area contributed by atoms with Crippen molar-refractivity contribution in [2.45, 2.75) is 27.7 Å². The standard InChI is InChI=1S/C11H18N2O2/c1-7(10(13)15)8(2)11(3,4)6-5-9(12)14/h5-6H,1-4H3,(H2,12,14)(H2,13,15)/b6-5+,8-7+. The van der Waals surface area contributed by atoms with Gasteiger partial charge in [-0.05, 0) is 19.9 Å². The van der Waals surface area contributed by atoms with Gasteiger partial charge in [-0.25, -0.2) is 0 Å². The average molecular weight is 210 g/mol. The highest BCUT2D eigenvalue weighted by Crippen LogP contribution is 2.29. The van der Waals surface area contributed by atoms with Crippen LogP contribution in [0, 0.1) is 5.41 Å². The highest BCUT2D eigenvalue weighted by Gasteiger charge is 2.20. The first-order valence-electron chi connectivity index (χ1n) is 4.65. The number of rotatable bonds is 4. The molecule has 0 unspecified atom stereocenters. The highest BCUT2D eigenvalue weighted by molar-refractivity contribution is 5.92. The third kappa shape index (κ3) is 3.97. The minimum atomic E-state index is -0.507. The Morgan fingerprint density at radius 1 is 1.13 bits per heavy atom. The first kappa shape index (κ1) is 13.4. The summed E-state index contributed by atoms with van der Waals surface area (Å²) in [6.45, 7) is 7.24. The fourth-order valence-electron chi connectivity index (χ4n) is 1.08. The minimum absolute atomic E-state index is 0.409. The van der Waals surface area contributed by atoms with Crippen LogP contribution in [0.5, 0.6) is 0 Å². The smallest absolute Gasteiger partial charge is 0.244 e. The van der Waals surface area contributed by atoms with Gasteiger partial charge in [0.2, 0.25) is 11.8 Å². The number of allylic oxidation sites excluding steroid dienone is 2. The van der Waals surface area contributed by atoms with E-state index in [9.17, 15) is 9.59 Å². The number of hydrogen-bond donors (Lipinski definition) is 2. The van der Waals surface area contributed by atoms with E-state index in [0.717, 1.165) is 5.57 Å². The average Bonchev–Trinajstić information content (AvgIpc) is 2.12. The van der Waals surface area contributed by atoms with Crippen LogP contribution in [0.4, 0.5) is 0 Å². The van der Waals surface area contributed by atoms with E-state index in [1.807, 2.05) is 20.8 Å².